The number of rotatable bonds is 3. The maximum atomic E-state index is 12.1. The van der Waals surface area contributed by atoms with Gasteiger partial charge in [-0.25, -0.2) is 4.79 Å². The van der Waals surface area contributed by atoms with Gasteiger partial charge in [0, 0.05) is 6.54 Å². The number of carbonyl (C=O) groups is 2. The molecule has 1 aromatic carbocycles. The van der Waals surface area contributed by atoms with Crippen LogP contribution in [-0.4, -0.2) is 29.5 Å². The number of nitrogens with zero attached hydrogens (tertiary/aromatic N) is 1. The number of primary amides is 1. The Hall–Kier alpha value is -2.04. The van der Waals surface area contributed by atoms with Crippen LogP contribution in [0.2, 0.25) is 0 Å². The molecule has 2 N–H and O–H groups in total. The molecular formula is C15H20N2O3. The third kappa shape index (κ3) is 2.92. The molecule has 1 fully saturated rings. The van der Waals surface area contributed by atoms with Crippen LogP contribution in [-0.2, 0) is 16.1 Å². The van der Waals surface area contributed by atoms with E-state index in [1.165, 1.54) is 4.90 Å². The number of nitrogens with two attached hydrogens (primary N) is 1. The van der Waals surface area contributed by atoms with Gasteiger partial charge in [0.2, 0.25) is 5.91 Å². The SMILES string of the molecule is CC1(C)CCN(C(=O)OCc2ccccc2)[C@H]1C(N)=O. The van der Waals surface area contributed by atoms with E-state index in [9.17, 15) is 9.59 Å². The van der Waals surface area contributed by atoms with Gasteiger partial charge in [-0.05, 0) is 17.4 Å². The second-order valence-corrected chi connectivity index (χ2v) is 5.78. The van der Waals surface area contributed by atoms with E-state index < -0.39 is 18.0 Å². The van der Waals surface area contributed by atoms with Gasteiger partial charge in [0.15, 0.2) is 0 Å². The third-order valence-corrected chi connectivity index (χ3v) is 3.76. The fourth-order valence-corrected chi connectivity index (χ4v) is 2.63. The first kappa shape index (κ1) is 14.4. The first-order chi connectivity index (χ1) is 9.42. The van der Waals surface area contributed by atoms with E-state index in [0.717, 1.165) is 12.0 Å². The van der Waals surface area contributed by atoms with E-state index >= 15 is 0 Å². The van der Waals surface area contributed by atoms with Gasteiger partial charge in [-0.2, -0.15) is 0 Å². The summed E-state index contributed by atoms with van der Waals surface area (Å²) in [5.41, 5.74) is 6.02. The molecular weight excluding hydrogens is 256 g/mol. The molecule has 1 aliphatic heterocycles. The van der Waals surface area contributed by atoms with E-state index in [1.807, 2.05) is 44.2 Å². The van der Waals surface area contributed by atoms with Crippen molar-refractivity contribution in [1.29, 1.82) is 0 Å². The molecule has 0 aromatic heterocycles. The summed E-state index contributed by atoms with van der Waals surface area (Å²) in [7, 11) is 0. The minimum absolute atomic E-state index is 0.197. The Kier molecular flexibility index (Phi) is 3.97. The normalized spacial score (nSPS) is 20.7. The van der Waals surface area contributed by atoms with E-state index in [0.29, 0.717) is 6.54 Å². The summed E-state index contributed by atoms with van der Waals surface area (Å²) < 4.78 is 5.26. The molecule has 0 saturated carbocycles. The second kappa shape index (κ2) is 5.53. The van der Waals surface area contributed by atoms with Gasteiger partial charge >= 0.3 is 6.09 Å². The Balaban J connectivity index is 2.00. The highest BCUT2D eigenvalue weighted by atomic mass is 16.6. The Morgan fingerprint density at radius 2 is 2.00 bits per heavy atom. The quantitative estimate of drug-likeness (QED) is 0.916. The molecule has 2 amide bonds. The zero-order valence-electron chi connectivity index (χ0n) is 11.8. The van der Waals surface area contributed by atoms with Gasteiger partial charge in [-0.3, -0.25) is 9.69 Å². The van der Waals surface area contributed by atoms with Crippen LogP contribution in [0.25, 0.3) is 0 Å². The van der Waals surface area contributed by atoms with Crippen LogP contribution < -0.4 is 5.73 Å². The summed E-state index contributed by atoms with van der Waals surface area (Å²) in [5.74, 6) is -0.482. The molecule has 5 heteroatoms. The van der Waals surface area contributed by atoms with Crippen molar-refractivity contribution >= 4 is 12.0 Å². The lowest BCUT2D eigenvalue weighted by Crippen LogP contribution is -2.49. The topological polar surface area (TPSA) is 72.6 Å². The van der Waals surface area contributed by atoms with E-state index in [2.05, 4.69) is 0 Å². The predicted molar refractivity (Wildman–Crippen MR) is 74.7 cm³/mol. The number of benzene rings is 1. The standard InChI is InChI=1S/C15H20N2O3/c1-15(2)8-9-17(12(15)13(16)18)14(19)20-10-11-6-4-3-5-7-11/h3-7,12H,8-10H2,1-2H3,(H2,16,18)/t12-/m0/s1. The van der Waals surface area contributed by atoms with Crippen molar-refractivity contribution in [2.45, 2.75) is 32.9 Å². The number of carbonyl (C=O) groups excluding carboxylic acids is 2. The zero-order valence-corrected chi connectivity index (χ0v) is 11.8. The number of ether oxygens (including phenoxy) is 1. The Morgan fingerprint density at radius 1 is 1.35 bits per heavy atom. The van der Waals surface area contributed by atoms with Gasteiger partial charge in [-0.1, -0.05) is 44.2 Å². The summed E-state index contributed by atoms with van der Waals surface area (Å²) in [6, 6.07) is 8.82. The van der Waals surface area contributed by atoms with Crippen LogP contribution in [0.1, 0.15) is 25.8 Å². The fourth-order valence-electron chi connectivity index (χ4n) is 2.63. The van der Waals surface area contributed by atoms with Crippen LogP contribution in [0.4, 0.5) is 4.79 Å². The van der Waals surface area contributed by atoms with Crippen molar-refractivity contribution in [1.82, 2.24) is 4.90 Å². The number of hydrogen-bond donors (Lipinski definition) is 1. The Bertz CT molecular complexity index is 499. The largest absolute Gasteiger partial charge is 0.445 e. The molecule has 1 saturated heterocycles. The van der Waals surface area contributed by atoms with E-state index in [4.69, 9.17) is 10.5 Å². The molecule has 2 rings (SSSR count). The lowest BCUT2D eigenvalue weighted by Gasteiger charge is -2.29. The Morgan fingerprint density at radius 3 is 2.60 bits per heavy atom. The van der Waals surface area contributed by atoms with Gasteiger partial charge in [-0.15, -0.1) is 0 Å². The highest BCUT2D eigenvalue weighted by molar-refractivity contribution is 5.85. The van der Waals surface area contributed by atoms with Crippen LogP contribution in [0, 0.1) is 5.41 Å². The molecule has 0 spiro atoms. The minimum Gasteiger partial charge on any atom is -0.445 e. The third-order valence-electron chi connectivity index (χ3n) is 3.76. The number of likely N-dealkylation sites (tertiary alicyclic amines) is 1. The predicted octanol–water partition coefficient (Wildman–Crippen LogP) is 1.91. The molecule has 1 atom stereocenters. The number of hydrogen-bond acceptors (Lipinski definition) is 3. The van der Waals surface area contributed by atoms with Gasteiger partial charge in [0.05, 0.1) is 0 Å². The highest BCUT2D eigenvalue weighted by Gasteiger charge is 2.46. The van der Waals surface area contributed by atoms with Crippen molar-refractivity contribution in [3.8, 4) is 0 Å². The van der Waals surface area contributed by atoms with Crippen LogP contribution >= 0.6 is 0 Å². The minimum atomic E-state index is -0.606. The maximum Gasteiger partial charge on any atom is 0.410 e. The monoisotopic (exact) mass is 276 g/mol. The molecule has 0 radical (unpaired) electrons. The lowest BCUT2D eigenvalue weighted by atomic mass is 9.84. The smallest absolute Gasteiger partial charge is 0.410 e. The summed E-state index contributed by atoms with van der Waals surface area (Å²) in [5, 5.41) is 0. The van der Waals surface area contributed by atoms with Gasteiger partial charge in [0.1, 0.15) is 12.6 Å². The average Bonchev–Trinajstić information content (AvgIpc) is 2.73. The highest BCUT2D eigenvalue weighted by Crippen LogP contribution is 2.36. The molecule has 1 aromatic rings. The van der Waals surface area contributed by atoms with Gasteiger partial charge in [0.25, 0.3) is 0 Å². The summed E-state index contributed by atoms with van der Waals surface area (Å²) in [6.45, 7) is 4.57. The summed E-state index contributed by atoms with van der Waals surface area (Å²) in [4.78, 5) is 25.1. The van der Waals surface area contributed by atoms with E-state index in [-0.39, 0.29) is 12.0 Å². The molecule has 0 unspecified atom stereocenters. The molecule has 0 bridgehead atoms. The van der Waals surface area contributed by atoms with Crippen molar-refractivity contribution in [2.75, 3.05) is 6.54 Å². The van der Waals surface area contributed by atoms with E-state index in [1.54, 1.807) is 0 Å². The average molecular weight is 276 g/mol. The Labute approximate surface area is 118 Å². The maximum absolute atomic E-state index is 12.1. The molecule has 1 heterocycles. The second-order valence-electron chi connectivity index (χ2n) is 5.78. The van der Waals surface area contributed by atoms with Crippen LogP contribution in [0.15, 0.2) is 30.3 Å². The lowest BCUT2D eigenvalue weighted by molar-refractivity contribution is -0.124. The van der Waals surface area contributed by atoms with Crippen LogP contribution in [0.3, 0.4) is 0 Å². The summed E-state index contributed by atoms with van der Waals surface area (Å²) in [6.07, 6.45) is 0.254. The van der Waals surface area contributed by atoms with Gasteiger partial charge < -0.3 is 10.5 Å². The molecule has 0 aliphatic carbocycles. The first-order valence-corrected chi connectivity index (χ1v) is 6.68. The number of amides is 2. The molecule has 1 aliphatic rings. The molecule has 108 valence electrons. The fraction of sp³-hybridized carbons (Fsp3) is 0.467. The first-order valence-electron chi connectivity index (χ1n) is 6.68. The zero-order chi connectivity index (χ0) is 14.8. The van der Waals surface area contributed by atoms with Crippen molar-refractivity contribution in [3.63, 3.8) is 0 Å². The van der Waals surface area contributed by atoms with Crippen molar-refractivity contribution < 1.29 is 14.3 Å². The molecule has 20 heavy (non-hydrogen) atoms. The van der Waals surface area contributed by atoms with Crippen molar-refractivity contribution in [2.24, 2.45) is 11.1 Å². The van der Waals surface area contributed by atoms with Crippen molar-refractivity contribution in [3.05, 3.63) is 35.9 Å². The summed E-state index contributed by atoms with van der Waals surface area (Å²) >= 11 is 0. The molecule has 5 nitrogen and oxygen atoms in total. The van der Waals surface area contributed by atoms with Crippen LogP contribution in [0.5, 0.6) is 0 Å².